The van der Waals surface area contributed by atoms with E-state index in [1.54, 1.807) is 0 Å². The van der Waals surface area contributed by atoms with Crippen LogP contribution in [0.4, 0.5) is 0 Å². The van der Waals surface area contributed by atoms with E-state index in [1.165, 1.54) is 19.2 Å². The van der Waals surface area contributed by atoms with Crippen molar-refractivity contribution in [2.75, 3.05) is 6.38 Å². The Labute approximate surface area is 113 Å². The van der Waals surface area contributed by atoms with Gasteiger partial charge in [-0.3, -0.25) is 0 Å². The zero-order chi connectivity index (χ0) is 12.0. The average molecular weight is 331 g/mol. The molecule has 0 saturated heterocycles. The normalized spacial score (nSPS) is 17.1. The fourth-order valence-corrected chi connectivity index (χ4v) is 21.2. The number of allylic oxidation sites excluding steroid dienone is 8. The van der Waals surface area contributed by atoms with Crippen LogP contribution in [0.3, 0.4) is 0 Å². The molecule has 0 unspecified atom stereocenters. The summed E-state index contributed by atoms with van der Waals surface area (Å²) < 4.78 is 3.70. The Bertz CT molecular complexity index is 310. The van der Waals surface area contributed by atoms with Crippen molar-refractivity contribution in [1.29, 1.82) is 0 Å². The van der Waals surface area contributed by atoms with Crippen LogP contribution in [-0.4, -0.2) is 12.3 Å². The van der Waals surface area contributed by atoms with Crippen LogP contribution in [0.15, 0.2) is 43.0 Å². The second kappa shape index (κ2) is 7.63. The van der Waals surface area contributed by atoms with E-state index in [9.17, 15) is 0 Å². The topological polar surface area (TPSA) is 0 Å². The maximum atomic E-state index is 4.64. The van der Waals surface area contributed by atoms with Crippen LogP contribution in [0, 0.1) is 0 Å². The predicted octanol–water partition coefficient (Wildman–Crippen LogP) is 4.13. The molecule has 0 atom stereocenters. The van der Waals surface area contributed by atoms with Crippen LogP contribution in [0.5, 0.6) is 0 Å². The summed E-state index contributed by atoms with van der Waals surface area (Å²) in [6.07, 6.45) is 18.0. The second-order valence-electron chi connectivity index (χ2n) is 4.22. The number of alkyl halides is 1. The third-order valence-corrected chi connectivity index (χ3v) is 22.1. The first-order valence-corrected chi connectivity index (χ1v) is 16.1. The Morgan fingerprint density at radius 3 is 1.69 bits per heavy atom. The Balaban J connectivity index is 0.000000606. The van der Waals surface area contributed by atoms with E-state index >= 15 is 0 Å². The Morgan fingerprint density at radius 1 is 1.00 bits per heavy atom. The molecule has 3 heteroatoms. The molecule has 0 fully saturated rings. The predicted molar refractivity (Wildman–Crippen MR) is 74.3 cm³/mol. The third kappa shape index (κ3) is 3.68. The zero-order valence-corrected chi connectivity index (χ0v) is 14.7. The minimum atomic E-state index is -1.29. The first kappa shape index (κ1) is 14.4. The standard InChI is InChI=1S/2C5H5.C2H7Si.CH3Cl.Zr/c2*1-2-4-5-3-1;1-3-2;1-2;/h2*1-3H,4H2;3H,1-2H3;1H3;. The molecule has 0 aliphatic heterocycles. The molecule has 0 spiro atoms. The van der Waals surface area contributed by atoms with Gasteiger partial charge in [-0.15, -0.1) is 11.6 Å². The number of rotatable bonds is 3. The van der Waals surface area contributed by atoms with Crippen molar-refractivity contribution in [3.63, 3.8) is 0 Å². The third-order valence-electron chi connectivity index (χ3n) is 2.81. The molecule has 2 aliphatic rings. The van der Waals surface area contributed by atoms with E-state index < -0.39 is 26.8 Å². The second-order valence-corrected chi connectivity index (χ2v) is 23.6. The molecule has 0 radical (unpaired) electrons. The summed E-state index contributed by atoms with van der Waals surface area (Å²) in [5.74, 6) is -0.412. The van der Waals surface area contributed by atoms with Crippen molar-refractivity contribution in [3.05, 3.63) is 43.0 Å². The maximum absolute atomic E-state index is 4.64. The van der Waals surface area contributed by atoms with Gasteiger partial charge in [0.1, 0.15) is 0 Å². The molecule has 0 amide bonds. The Kier molecular flexibility index (Phi) is 6.87. The summed E-state index contributed by atoms with van der Waals surface area (Å²) in [5.41, 5.74) is 0. The molecule has 0 nitrogen and oxygen atoms in total. The van der Waals surface area contributed by atoms with Gasteiger partial charge in [0.25, 0.3) is 0 Å². The molecule has 2 aliphatic carbocycles. The van der Waals surface area contributed by atoms with Crippen molar-refractivity contribution < 1.29 is 20.9 Å². The van der Waals surface area contributed by atoms with Crippen molar-refractivity contribution >= 4 is 17.5 Å². The van der Waals surface area contributed by atoms with Crippen LogP contribution in [-0.2, 0) is 20.9 Å². The zero-order valence-electron chi connectivity index (χ0n) is 10.3. The fraction of sp³-hybridized carbons (Fsp3) is 0.385. The summed E-state index contributed by atoms with van der Waals surface area (Å²) in [5, 5.41) is 0. The van der Waals surface area contributed by atoms with Crippen LogP contribution in [0.2, 0.25) is 13.1 Å². The van der Waals surface area contributed by atoms with E-state index in [-0.39, 0.29) is 0 Å². The van der Waals surface area contributed by atoms with Crippen molar-refractivity contribution in [2.24, 2.45) is 0 Å². The van der Waals surface area contributed by atoms with Crippen molar-refractivity contribution in [1.82, 2.24) is 0 Å². The summed E-state index contributed by atoms with van der Waals surface area (Å²) >= 11 is 3.35. The van der Waals surface area contributed by atoms with Gasteiger partial charge in [-0.2, -0.15) is 0 Å². The molecule has 0 heterocycles. The van der Waals surface area contributed by atoms with E-state index in [2.05, 4.69) is 61.2 Å². The molecule has 0 N–H and O–H groups in total. The summed E-state index contributed by atoms with van der Waals surface area (Å²) in [4.78, 5) is 0. The van der Waals surface area contributed by atoms with E-state index in [1.807, 2.05) is 6.56 Å². The number of halogens is 1. The van der Waals surface area contributed by atoms with Gasteiger partial charge in [-0.05, 0) is 0 Å². The molecule has 16 heavy (non-hydrogen) atoms. The van der Waals surface area contributed by atoms with Gasteiger partial charge in [0, 0.05) is 6.38 Å². The van der Waals surface area contributed by atoms with Crippen LogP contribution < -0.4 is 0 Å². The van der Waals surface area contributed by atoms with Crippen LogP contribution in [0.1, 0.15) is 12.8 Å². The first-order chi connectivity index (χ1) is 7.79. The number of hydrogen-bond acceptors (Lipinski definition) is 0. The van der Waals surface area contributed by atoms with Gasteiger partial charge in [-0.25, -0.2) is 0 Å². The van der Waals surface area contributed by atoms with Crippen LogP contribution >= 0.6 is 11.6 Å². The monoisotopic (exact) mass is 329 g/mol. The quantitative estimate of drug-likeness (QED) is 0.539. The average Bonchev–Trinajstić information content (AvgIpc) is 2.93. The summed E-state index contributed by atoms with van der Waals surface area (Å²) in [7, 11) is 0. The Hall–Kier alpha value is 0.350. The molecule has 0 aromatic rings. The van der Waals surface area contributed by atoms with Crippen molar-refractivity contribution in [2.45, 2.75) is 25.9 Å². The SMILES string of the molecule is CCl.C[SiH](C)[Zr]([C]1=CC=CC1)[C]1=CC=CC1. The van der Waals surface area contributed by atoms with Gasteiger partial charge in [0.15, 0.2) is 0 Å². The molecule has 0 aromatic carbocycles. The molecule has 0 saturated carbocycles. The molecular formula is C13H20ClSiZr. The van der Waals surface area contributed by atoms with Gasteiger partial charge in [0.05, 0.1) is 0 Å². The van der Waals surface area contributed by atoms with E-state index in [4.69, 9.17) is 0 Å². The minimum absolute atomic E-state index is 0.412. The number of hydrogen-bond donors (Lipinski definition) is 0. The molecule has 2 rings (SSSR count). The molecule has 0 aromatic heterocycles. The first-order valence-electron chi connectivity index (χ1n) is 5.76. The van der Waals surface area contributed by atoms with Crippen molar-refractivity contribution in [3.8, 4) is 0 Å². The fourth-order valence-electron chi connectivity index (χ4n) is 2.24. The van der Waals surface area contributed by atoms with E-state index in [0.29, 0.717) is 0 Å². The molecular weight excluding hydrogens is 311 g/mol. The van der Waals surface area contributed by atoms with Gasteiger partial charge in [0.2, 0.25) is 0 Å². The van der Waals surface area contributed by atoms with Gasteiger partial charge < -0.3 is 0 Å². The Morgan fingerprint density at radius 2 is 1.44 bits per heavy atom. The van der Waals surface area contributed by atoms with E-state index in [0.717, 1.165) is 0 Å². The van der Waals surface area contributed by atoms with Gasteiger partial charge in [-0.1, -0.05) is 0 Å². The van der Waals surface area contributed by atoms with Gasteiger partial charge >= 0.3 is 95.8 Å². The van der Waals surface area contributed by atoms with Crippen LogP contribution in [0.25, 0.3) is 0 Å². The summed E-state index contributed by atoms with van der Waals surface area (Å²) in [6, 6.07) is 0. The summed E-state index contributed by atoms with van der Waals surface area (Å²) in [6.45, 7) is 5.10. The molecule has 0 bridgehead atoms. The molecule has 87 valence electrons.